The van der Waals surface area contributed by atoms with E-state index in [0.717, 1.165) is 6.42 Å². The van der Waals surface area contributed by atoms with Crippen molar-refractivity contribution in [3.63, 3.8) is 0 Å². The zero-order chi connectivity index (χ0) is 13.7. The van der Waals surface area contributed by atoms with Gasteiger partial charge in [0.1, 0.15) is 6.04 Å². The van der Waals surface area contributed by atoms with Crippen LogP contribution in [0.3, 0.4) is 0 Å². The Balaban J connectivity index is 1.80. The molecule has 19 heavy (non-hydrogen) atoms. The largest absolute Gasteiger partial charge is 0.353 e. The second-order valence-corrected chi connectivity index (χ2v) is 4.84. The van der Waals surface area contributed by atoms with Crippen LogP contribution in [-0.4, -0.2) is 37.0 Å². The molecule has 1 aliphatic heterocycles. The lowest BCUT2D eigenvalue weighted by Gasteiger charge is -2.25. The summed E-state index contributed by atoms with van der Waals surface area (Å²) >= 11 is 0. The van der Waals surface area contributed by atoms with Crippen molar-refractivity contribution in [3.05, 3.63) is 35.9 Å². The zero-order valence-electron chi connectivity index (χ0n) is 11.0. The SMILES string of the molecule is CC(Cc1ccccc1)NC(=O)C1CNC(=O)CN1. The van der Waals surface area contributed by atoms with Gasteiger partial charge >= 0.3 is 0 Å². The number of carbonyl (C=O) groups excluding carboxylic acids is 2. The molecule has 1 heterocycles. The molecule has 0 spiro atoms. The zero-order valence-corrected chi connectivity index (χ0v) is 11.0. The minimum Gasteiger partial charge on any atom is -0.353 e. The maximum absolute atomic E-state index is 12.0. The van der Waals surface area contributed by atoms with E-state index in [0.29, 0.717) is 6.54 Å². The Morgan fingerprint density at radius 3 is 2.79 bits per heavy atom. The molecule has 2 amide bonds. The molecule has 0 radical (unpaired) electrons. The van der Waals surface area contributed by atoms with Gasteiger partial charge in [-0.1, -0.05) is 30.3 Å². The van der Waals surface area contributed by atoms with Gasteiger partial charge in [-0.3, -0.25) is 14.9 Å². The molecule has 1 aromatic rings. The Kier molecular flexibility index (Phi) is 4.52. The number of benzene rings is 1. The molecule has 5 nitrogen and oxygen atoms in total. The monoisotopic (exact) mass is 261 g/mol. The summed E-state index contributed by atoms with van der Waals surface area (Å²) in [5.41, 5.74) is 1.19. The Bertz CT molecular complexity index is 437. The number of piperazine rings is 1. The predicted octanol–water partition coefficient (Wildman–Crippen LogP) is -0.178. The smallest absolute Gasteiger partial charge is 0.239 e. The lowest BCUT2D eigenvalue weighted by atomic mass is 10.1. The second-order valence-electron chi connectivity index (χ2n) is 4.84. The molecule has 2 unspecified atom stereocenters. The van der Waals surface area contributed by atoms with Crippen LogP contribution in [-0.2, 0) is 16.0 Å². The van der Waals surface area contributed by atoms with Gasteiger partial charge in [-0.05, 0) is 18.9 Å². The fraction of sp³-hybridized carbons (Fsp3) is 0.429. The van der Waals surface area contributed by atoms with Gasteiger partial charge in [-0.15, -0.1) is 0 Å². The van der Waals surface area contributed by atoms with E-state index in [4.69, 9.17) is 0 Å². The average Bonchev–Trinajstić information content (AvgIpc) is 2.40. The van der Waals surface area contributed by atoms with Gasteiger partial charge in [0.05, 0.1) is 6.54 Å². The highest BCUT2D eigenvalue weighted by Gasteiger charge is 2.24. The van der Waals surface area contributed by atoms with Crippen LogP contribution in [0.1, 0.15) is 12.5 Å². The lowest BCUT2D eigenvalue weighted by molar-refractivity contribution is -0.126. The van der Waals surface area contributed by atoms with Gasteiger partial charge in [0.25, 0.3) is 0 Å². The van der Waals surface area contributed by atoms with Crippen LogP contribution >= 0.6 is 0 Å². The number of nitrogens with one attached hydrogen (secondary N) is 3. The fourth-order valence-corrected chi connectivity index (χ4v) is 2.11. The molecule has 102 valence electrons. The predicted molar refractivity (Wildman–Crippen MR) is 72.6 cm³/mol. The summed E-state index contributed by atoms with van der Waals surface area (Å²) in [5, 5.41) is 8.55. The van der Waals surface area contributed by atoms with Crippen molar-refractivity contribution in [1.29, 1.82) is 0 Å². The number of amides is 2. The van der Waals surface area contributed by atoms with E-state index in [1.807, 2.05) is 37.3 Å². The number of hydrogen-bond acceptors (Lipinski definition) is 3. The average molecular weight is 261 g/mol. The van der Waals surface area contributed by atoms with Gasteiger partial charge in [-0.25, -0.2) is 0 Å². The molecule has 2 atom stereocenters. The Morgan fingerprint density at radius 2 is 2.16 bits per heavy atom. The quantitative estimate of drug-likeness (QED) is 0.704. The summed E-state index contributed by atoms with van der Waals surface area (Å²) in [6.07, 6.45) is 0.797. The van der Waals surface area contributed by atoms with E-state index in [9.17, 15) is 9.59 Å². The lowest BCUT2D eigenvalue weighted by Crippen LogP contribution is -2.59. The molecule has 0 aromatic heterocycles. The summed E-state index contributed by atoms with van der Waals surface area (Å²) < 4.78 is 0. The summed E-state index contributed by atoms with van der Waals surface area (Å²) in [7, 11) is 0. The second kappa shape index (κ2) is 6.33. The molecule has 2 rings (SSSR count). The van der Waals surface area contributed by atoms with Crippen LogP contribution in [0.15, 0.2) is 30.3 Å². The molecular weight excluding hydrogens is 242 g/mol. The molecule has 0 saturated carbocycles. The van der Waals surface area contributed by atoms with Crippen molar-refractivity contribution < 1.29 is 9.59 Å². The molecule has 1 aromatic carbocycles. The third kappa shape index (κ3) is 4.06. The minimum absolute atomic E-state index is 0.0642. The van der Waals surface area contributed by atoms with Crippen molar-refractivity contribution in [2.75, 3.05) is 13.1 Å². The highest BCUT2D eigenvalue weighted by atomic mass is 16.2. The van der Waals surface area contributed by atoms with E-state index in [1.165, 1.54) is 5.56 Å². The van der Waals surface area contributed by atoms with Crippen molar-refractivity contribution in [2.45, 2.75) is 25.4 Å². The van der Waals surface area contributed by atoms with Gasteiger partial charge in [0.15, 0.2) is 0 Å². The minimum atomic E-state index is -0.337. The molecule has 5 heteroatoms. The van der Waals surface area contributed by atoms with Crippen LogP contribution in [0.2, 0.25) is 0 Å². The van der Waals surface area contributed by atoms with Crippen molar-refractivity contribution in [2.24, 2.45) is 0 Å². The van der Waals surface area contributed by atoms with Crippen LogP contribution in [0.5, 0.6) is 0 Å². The van der Waals surface area contributed by atoms with E-state index in [1.54, 1.807) is 0 Å². The summed E-state index contributed by atoms with van der Waals surface area (Å²) in [6, 6.07) is 9.76. The van der Waals surface area contributed by atoms with Crippen LogP contribution in [0.25, 0.3) is 0 Å². The number of carbonyl (C=O) groups is 2. The fourth-order valence-electron chi connectivity index (χ4n) is 2.11. The highest BCUT2D eigenvalue weighted by molar-refractivity contribution is 5.86. The van der Waals surface area contributed by atoms with E-state index < -0.39 is 0 Å². The van der Waals surface area contributed by atoms with Crippen LogP contribution < -0.4 is 16.0 Å². The molecular formula is C14H19N3O2. The van der Waals surface area contributed by atoms with Crippen molar-refractivity contribution >= 4 is 11.8 Å². The molecule has 1 saturated heterocycles. The van der Waals surface area contributed by atoms with Gasteiger partial charge < -0.3 is 10.6 Å². The topological polar surface area (TPSA) is 70.2 Å². The summed E-state index contributed by atoms with van der Waals surface area (Å²) in [5.74, 6) is -0.134. The van der Waals surface area contributed by atoms with Gasteiger partial charge in [0, 0.05) is 12.6 Å². The van der Waals surface area contributed by atoms with Crippen LogP contribution in [0.4, 0.5) is 0 Å². The third-order valence-corrected chi connectivity index (χ3v) is 3.10. The van der Waals surface area contributed by atoms with E-state index in [-0.39, 0.29) is 30.4 Å². The maximum Gasteiger partial charge on any atom is 0.239 e. The molecule has 3 N–H and O–H groups in total. The Labute approximate surface area is 112 Å². The molecule has 0 bridgehead atoms. The first-order valence-electron chi connectivity index (χ1n) is 6.49. The highest BCUT2D eigenvalue weighted by Crippen LogP contribution is 2.03. The van der Waals surface area contributed by atoms with Crippen LogP contribution in [0, 0.1) is 0 Å². The third-order valence-electron chi connectivity index (χ3n) is 3.10. The molecule has 1 fully saturated rings. The van der Waals surface area contributed by atoms with Gasteiger partial charge in [-0.2, -0.15) is 0 Å². The van der Waals surface area contributed by atoms with E-state index in [2.05, 4.69) is 16.0 Å². The number of hydrogen-bond donors (Lipinski definition) is 3. The normalized spacial score (nSPS) is 20.5. The van der Waals surface area contributed by atoms with Crippen molar-refractivity contribution in [3.8, 4) is 0 Å². The standard InChI is InChI=1S/C14H19N3O2/c1-10(7-11-5-3-2-4-6-11)17-14(19)12-8-16-13(18)9-15-12/h2-6,10,12,15H,7-9H2,1H3,(H,16,18)(H,17,19). The Morgan fingerprint density at radius 1 is 1.42 bits per heavy atom. The van der Waals surface area contributed by atoms with E-state index >= 15 is 0 Å². The van der Waals surface area contributed by atoms with Gasteiger partial charge in [0.2, 0.25) is 11.8 Å². The first-order valence-corrected chi connectivity index (χ1v) is 6.49. The first kappa shape index (κ1) is 13.5. The summed E-state index contributed by atoms with van der Waals surface area (Å²) in [4.78, 5) is 23.0. The summed E-state index contributed by atoms with van der Waals surface area (Å²) in [6.45, 7) is 2.53. The maximum atomic E-state index is 12.0. The van der Waals surface area contributed by atoms with Crippen molar-refractivity contribution in [1.82, 2.24) is 16.0 Å². The molecule has 0 aliphatic carbocycles. The molecule has 1 aliphatic rings. The number of rotatable bonds is 4. The Hall–Kier alpha value is -1.88. The first-order chi connectivity index (χ1) is 9.15.